The smallest absolute Gasteiger partial charge is 0.190 e. The maximum Gasteiger partial charge on any atom is 0.190 e. The highest BCUT2D eigenvalue weighted by Gasteiger charge is 2.17. The highest BCUT2D eigenvalue weighted by molar-refractivity contribution is 7.07. The quantitative estimate of drug-likeness (QED) is 0.848. The third-order valence-electron chi connectivity index (χ3n) is 3.73. The number of thiazole rings is 1. The fraction of sp³-hybridized carbons (Fsp3) is 0.438. The molecule has 0 amide bonds. The van der Waals surface area contributed by atoms with Crippen molar-refractivity contribution in [3.63, 3.8) is 0 Å². The highest BCUT2D eigenvalue weighted by atomic mass is 32.1. The summed E-state index contributed by atoms with van der Waals surface area (Å²) in [6, 6.07) is 8.26. The van der Waals surface area contributed by atoms with Crippen LogP contribution in [0, 0.1) is 13.8 Å². The van der Waals surface area contributed by atoms with E-state index >= 15 is 0 Å². The Morgan fingerprint density at radius 3 is 2.95 bits per heavy atom. The first-order valence-electron chi connectivity index (χ1n) is 7.11. The van der Waals surface area contributed by atoms with Crippen molar-refractivity contribution in [1.29, 1.82) is 0 Å². The summed E-state index contributed by atoms with van der Waals surface area (Å²) in [7, 11) is 0. The van der Waals surface area contributed by atoms with E-state index in [1.807, 2.05) is 6.07 Å². The predicted octanol–water partition coefficient (Wildman–Crippen LogP) is 3.58. The molecule has 3 rings (SSSR count). The topological polar surface area (TPSA) is 26.5 Å². The lowest BCUT2D eigenvalue weighted by atomic mass is 10.2. The minimum Gasteiger partial charge on any atom is -0.376 e. The standard InChI is InChI=1S/C16H20N2OS/c1-12-6-3-4-8-15(12)17-16-18(13(2)11-20-16)10-14-7-5-9-19-14/h3-4,6,8,11,14H,5,7,9-10H2,1-2H3. The van der Waals surface area contributed by atoms with Gasteiger partial charge in [0.2, 0.25) is 0 Å². The van der Waals surface area contributed by atoms with E-state index in [9.17, 15) is 0 Å². The van der Waals surface area contributed by atoms with Crippen LogP contribution in [-0.4, -0.2) is 17.3 Å². The van der Waals surface area contributed by atoms with Crippen LogP contribution in [0.2, 0.25) is 0 Å². The summed E-state index contributed by atoms with van der Waals surface area (Å²) in [6.45, 7) is 6.06. The molecule has 4 heteroatoms. The molecular weight excluding hydrogens is 268 g/mol. The Morgan fingerprint density at radius 2 is 2.20 bits per heavy atom. The number of hydrogen-bond donors (Lipinski definition) is 0. The summed E-state index contributed by atoms with van der Waals surface area (Å²) in [5, 5.41) is 2.17. The normalized spacial score (nSPS) is 19.7. The summed E-state index contributed by atoms with van der Waals surface area (Å²) < 4.78 is 8.04. The van der Waals surface area contributed by atoms with Gasteiger partial charge in [0.05, 0.1) is 18.3 Å². The van der Waals surface area contributed by atoms with Crippen LogP contribution in [0.5, 0.6) is 0 Å². The molecule has 2 aromatic rings. The van der Waals surface area contributed by atoms with Gasteiger partial charge in [0.25, 0.3) is 0 Å². The zero-order valence-electron chi connectivity index (χ0n) is 12.0. The molecule has 1 unspecified atom stereocenters. The minimum absolute atomic E-state index is 0.346. The van der Waals surface area contributed by atoms with Crippen molar-refractivity contribution in [3.05, 3.63) is 45.7 Å². The zero-order valence-corrected chi connectivity index (χ0v) is 12.8. The molecular formula is C16H20N2OS. The first kappa shape index (κ1) is 13.6. The van der Waals surface area contributed by atoms with Gasteiger partial charge in [0.15, 0.2) is 4.80 Å². The Balaban J connectivity index is 1.95. The van der Waals surface area contributed by atoms with E-state index in [2.05, 4.69) is 42.0 Å². The van der Waals surface area contributed by atoms with Crippen LogP contribution in [0.3, 0.4) is 0 Å². The molecule has 2 heterocycles. The SMILES string of the molecule is Cc1ccccc1N=c1scc(C)n1CC1CCCO1. The third kappa shape index (κ3) is 2.86. The summed E-state index contributed by atoms with van der Waals surface area (Å²) in [6.07, 6.45) is 2.68. The lowest BCUT2D eigenvalue weighted by Gasteiger charge is -2.12. The summed E-state index contributed by atoms with van der Waals surface area (Å²) in [5.74, 6) is 0. The van der Waals surface area contributed by atoms with E-state index in [0.29, 0.717) is 6.10 Å². The summed E-state index contributed by atoms with van der Waals surface area (Å²) in [4.78, 5) is 5.89. The maximum absolute atomic E-state index is 5.75. The van der Waals surface area contributed by atoms with E-state index in [4.69, 9.17) is 9.73 Å². The number of nitrogens with zero attached hydrogens (tertiary/aromatic N) is 2. The number of ether oxygens (including phenoxy) is 1. The van der Waals surface area contributed by atoms with Crippen LogP contribution < -0.4 is 4.80 Å². The van der Waals surface area contributed by atoms with Crippen molar-refractivity contribution >= 4 is 17.0 Å². The summed E-state index contributed by atoms with van der Waals surface area (Å²) in [5.41, 5.74) is 3.52. The molecule has 3 nitrogen and oxygen atoms in total. The van der Waals surface area contributed by atoms with Crippen LogP contribution in [0.4, 0.5) is 5.69 Å². The van der Waals surface area contributed by atoms with Gasteiger partial charge < -0.3 is 9.30 Å². The van der Waals surface area contributed by atoms with Gasteiger partial charge in [0, 0.05) is 17.7 Å². The number of hydrogen-bond acceptors (Lipinski definition) is 3. The van der Waals surface area contributed by atoms with Crippen molar-refractivity contribution in [2.75, 3.05) is 6.61 Å². The average Bonchev–Trinajstić information content (AvgIpc) is 3.06. The van der Waals surface area contributed by atoms with E-state index in [1.165, 1.54) is 17.7 Å². The molecule has 106 valence electrons. The van der Waals surface area contributed by atoms with E-state index in [0.717, 1.165) is 30.1 Å². The van der Waals surface area contributed by atoms with Crippen LogP contribution >= 0.6 is 11.3 Å². The Labute approximate surface area is 123 Å². The van der Waals surface area contributed by atoms with Gasteiger partial charge in [-0.05, 0) is 38.3 Å². The van der Waals surface area contributed by atoms with Crippen LogP contribution in [0.1, 0.15) is 24.1 Å². The molecule has 0 saturated carbocycles. The second kappa shape index (κ2) is 5.94. The molecule has 0 radical (unpaired) electrons. The largest absolute Gasteiger partial charge is 0.376 e. The van der Waals surface area contributed by atoms with Crippen molar-refractivity contribution < 1.29 is 4.74 Å². The Kier molecular flexibility index (Phi) is 4.03. The predicted molar refractivity (Wildman–Crippen MR) is 82.4 cm³/mol. The number of aryl methyl sites for hydroxylation is 2. The minimum atomic E-state index is 0.346. The average molecular weight is 288 g/mol. The molecule has 0 aliphatic carbocycles. The molecule has 0 spiro atoms. The third-order valence-corrected chi connectivity index (χ3v) is 4.71. The zero-order chi connectivity index (χ0) is 13.9. The maximum atomic E-state index is 5.75. The Morgan fingerprint density at radius 1 is 1.35 bits per heavy atom. The van der Waals surface area contributed by atoms with Crippen LogP contribution in [0.25, 0.3) is 0 Å². The number of rotatable bonds is 3. The first-order valence-corrected chi connectivity index (χ1v) is 7.99. The second-order valence-electron chi connectivity index (χ2n) is 5.30. The van der Waals surface area contributed by atoms with Gasteiger partial charge in [-0.3, -0.25) is 0 Å². The van der Waals surface area contributed by atoms with E-state index < -0.39 is 0 Å². The molecule has 1 aromatic heterocycles. The fourth-order valence-electron chi connectivity index (χ4n) is 2.51. The molecule has 1 fully saturated rings. The molecule has 1 aliphatic heterocycles. The molecule has 1 aromatic carbocycles. The van der Waals surface area contributed by atoms with Gasteiger partial charge in [-0.25, -0.2) is 4.99 Å². The van der Waals surface area contributed by atoms with Gasteiger partial charge in [-0.15, -0.1) is 11.3 Å². The molecule has 1 saturated heterocycles. The highest BCUT2D eigenvalue weighted by Crippen LogP contribution is 2.18. The van der Waals surface area contributed by atoms with Gasteiger partial charge in [0.1, 0.15) is 0 Å². The molecule has 20 heavy (non-hydrogen) atoms. The molecule has 0 N–H and O–H groups in total. The van der Waals surface area contributed by atoms with E-state index in [-0.39, 0.29) is 0 Å². The first-order chi connectivity index (χ1) is 9.74. The Hall–Kier alpha value is -1.39. The van der Waals surface area contributed by atoms with Crippen molar-refractivity contribution in [1.82, 2.24) is 4.57 Å². The number of aromatic nitrogens is 1. The van der Waals surface area contributed by atoms with Crippen molar-refractivity contribution in [2.45, 2.75) is 39.3 Å². The van der Waals surface area contributed by atoms with E-state index in [1.54, 1.807) is 11.3 Å². The fourth-order valence-corrected chi connectivity index (χ4v) is 3.41. The van der Waals surface area contributed by atoms with Crippen LogP contribution in [-0.2, 0) is 11.3 Å². The van der Waals surface area contributed by atoms with Gasteiger partial charge >= 0.3 is 0 Å². The molecule has 1 aliphatic rings. The second-order valence-corrected chi connectivity index (χ2v) is 6.14. The van der Waals surface area contributed by atoms with Crippen molar-refractivity contribution in [3.8, 4) is 0 Å². The number of benzene rings is 1. The number of para-hydroxylation sites is 1. The molecule has 0 bridgehead atoms. The van der Waals surface area contributed by atoms with Gasteiger partial charge in [-0.1, -0.05) is 18.2 Å². The summed E-state index contributed by atoms with van der Waals surface area (Å²) >= 11 is 1.70. The van der Waals surface area contributed by atoms with Crippen molar-refractivity contribution in [2.24, 2.45) is 4.99 Å². The lowest BCUT2D eigenvalue weighted by Crippen LogP contribution is -2.24. The Bertz CT molecular complexity index is 650. The monoisotopic (exact) mass is 288 g/mol. The molecule has 1 atom stereocenters. The lowest BCUT2D eigenvalue weighted by molar-refractivity contribution is 0.0959. The van der Waals surface area contributed by atoms with Crippen LogP contribution in [0.15, 0.2) is 34.6 Å². The van der Waals surface area contributed by atoms with Gasteiger partial charge in [-0.2, -0.15) is 0 Å².